The molecule has 0 spiro atoms. The summed E-state index contributed by atoms with van der Waals surface area (Å²) in [6, 6.07) is 19.7. The Kier molecular flexibility index (Phi) is 4.15. The summed E-state index contributed by atoms with van der Waals surface area (Å²) in [6.45, 7) is 0. The van der Waals surface area contributed by atoms with Gasteiger partial charge in [0.05, 0.1) is 11.9 Å². The SMILES string of the molecule is CSc1cccc(N[C@@H]2c3ccccc3C(=O)N2c2cccnc2)c1. The molecule has 0 saturated heterocycles. The molecule has 0 saturated carbocycles. The summed E-state index contributed by atoms with van der Waals surface area (Å²) in [5.41, 5.74) is 3.47. The third-order valence-electron chi connectivity index (χ3n) is 4.26. The van der Waals surface area contributed by atoms with Gasteiger partial charge in [0.1, 0.15) is 6.17 Å². The Morgan fingerprint density at radius 2 is 1.96 bits per heavy atom. The molecule has 0 radical (unpaired) electrons. The lowest BCUT2D eigenvalue weighted by molar-refractivity contribution is 0.0993. The number of hydrogen-bond donors (Lipinski definition) is 1. The zero-order valence-electron chi connectivity index (χ0n) is 13.7. The first-order chi connectivity index (χ1) is 12.3. The average molecular weight is 347 g/mol. The number of nitrogens with one attached hydrogen (secondary N) is 1. The van der Waals surface area contributed by atoms with Crippen molar-refractivity contribution in [2.24, 2.45) is 0 Å². The predicted molar refractivity (Wildman–Crippen MR) is 102 cm³/mol. The van der Waals surface area contributed by atoms with Crippen LogP contribution in [0.3, 0.4) is 0 Å². The number of aromatic nitrogens is 1. The van der Waals surface area contributed by atoms with Crippen molar-refractivity contribution in [2.45, 2.75) is 11.1 Å². The molecular weight excluding hydrogens is 330 g/mol. The van der Waals surface area contributed by atoms with Crippen molar-refractivity contribution in [3.63, 3.8) is 0 Å². The molecule has 124 valence electrons. The van der Waals surface area contributed by atoms with Crippen molar-refractivity contribution in [1.82, 2.24) is 4.98 Å². The lowest BCUT2D eigenvalue weighted by atomic mass is 10.1. The molecule has 0 fully saturated rings. The van der Waals surface area contributed by atoms with Gasteiger partial charge in [0.2, 0.25) is 0 Å². The van der Waals surface area contributed by atoms with E-state index in [4.69, 9.17) is 0 Å². The molecule has 4 rings (SSSR count). The first-order valence-corrected chi connectivity index (χ1v) is 9.23. The third-order valence-corrected chi connectivity index (χ3v) is 4.99. The smallest absolute Gasteiger partial charge is 0.260 e. The fourth-order valence-corrected chi connectivity index (χ4v) is 3.55. The van der Waals surface area contributed by atoms with Crippen molar-refractivity contribution in [3.05, 3.63) is 84.2 Å². The van der Waals surface area contributed by atoms with Crippen LogP contribution in [-0.2, 0) is 0 Å². The maximum atomic E-state index is 13.0. The van der Waals surface area contributed by atoms with Crippen LogP contribution in [0.15, 0.2) is 78.0 Å². The largest absolute Gasteiger partial charge is 0.361 e. The number of benzene rings is 2. The predicted octanol–water partition coefficient (Wildman–Crippen LogP) is 4.57. The van der Waals surface area contributed by atoms with Crippen LogP contribution in [0, 0.1) is 0 Å². The van der Waals surface area contributed by atoms with E-state index in [9.17, 15) is 4.79 Å². The van der Waals surface area contributed by atoms with Crippen molar-refractivity contribution >= 4 is 29.0 Å². The Hall–Kier alpha value is -2.79. The fourth-order valence-electron chi connectivity index (χ4n) is 3.09. The minimum Gasteiger partial charge on any atom is -0.361 e. The molecule has 5 heteroatoms. The van der Waals surface area contributed by atoms with E-state index < -0.39 is 0 Å². The van der Waals surface area contributed by atoms with Crippen LogP contribution in [0.5, 0.6) is 0 Å². The van der Waals surface area contributed by atoms with Gasteiger partial charge in [0.15, 0.2) is 0 Å². The molecule has 0 unspecified atom stereocenters. The molecule has 1 aliphatic heterocycles. The van der Waals surface area contributed by atoms with E-state index in [0.29, 0.717) is 0 Å². The first-order valence-electron chi connectivity index (χ1n) is 8.01. The van der Waals surface area contributed by atoms with Gasteiger partial charge < -0.3 is 5.32 Å². The second-order valence-electron chi connectivity index (χ2n) is 5.75. The van der Waals surface area contributed by atoms with E-state index >= 15 is 0 Å². The highest BCUT2D eigenvalue weighted by atomic mass is 32.2. The van der Waals surface area contributed by atoms with Gasteiger partial charge in [-0.2, -0.15) is 0 Å². The van der Waals surface area contributed by atoms with Gasteiger partial charge in [-0.15, -0.1) is 11.8 Å². The number of hydrogen-bond acceptors (Lipinski definition) is 4. The fraction of sp³-hybridized carbons (Fsp3) is 0.100. The monoisotopic (exact) mass is 347 g/mol. The van der Waals surface area contributed by atoms with Gasteiger partial charge in [-0.25, -0.2) is 0 Å². The number of carbonyl (C=O) groups is 1. The molecule has 4 nitrogen and oxygen atoms in total. The summed E-state index contributed by atoms with van der Waals surface area (Å²) in [6.07, 6.45) is 5.22. The van der Waals surface area contributed by atoms with Crippen molar-refractivity contribution in [3.8, 4) is 0 Å². The summed E-state index contributed by atoms with van der Waals surface area (Å²) in [5, 5.41) is 3.51. The zero-order valence-corrected chi connectivity index (χ0v) is 14.5. The standard InChI is InChI=1S/C20H17N3OS/c1-25-16-8-4-6-14(12-16)22-19-17-9-2-3-10-18(17)20(24)23(19)15-7-5-11-21-13-15/h2-13,19,22H,1H3/t19-/m0/s1. The van der Waals surface area contributed by atoms with E-state index in [1.54, 1.807) is 29.1 Å². The quantitative estimate of drug-likeness (QED) is 0.702. The molecule has 1 aromatic heterocycles. The van der Waals surface area contributed by atoms with Gasteiger partial charge in [0, 0.05) is 27.9 Å². The number of thioether (sulfide) groups is 1. The number of fused-ring (bicyclic) bond motifs is 1. The summed E-state index contributed by atoms with van der Waals surface area (Å²) in [5.74, 6) is -0.0119. The van der Waals surface area contributed by atoms with Gasteiger partial charge in [0.25, 0.3) is 5.91 Å². The van der Waals surface area contributed by atoms with Crippen LogP contribution < -0.4 is 10.2 Å². The molecule has 1 atom stereocenters. The van der Waals surface area contributed by atoms with E-state index in [2.05, 4.69) is 28.7 Å². The van der Waals surface area contributed by atoms with Crippen molar-refractivity contribution in [1.29, 1.82) is 0 Å². The number of pyridine rings is 1. The molecule has 1 aliphatic rings. The zero-order chi connectivity index (χ0) is 17.2. The summed E-state index contributed by atoms with van der Waals surface area (Å²) < 4.78 is 0. The molecule has 2 heterocycles. The van der Waals surface area contributed by atoms with E-state index in [-0.39, 0.29) is 12.1 Å². The molecule has 3 aromatic rings. The third kappa shape index (κ3) is 2.87. The second-order valence-corrected chi connectivity index (χ2v) is 6.63. The lowest BCUT2D eigenvalue weighted by Gasteiger charge is -2.27. The van der Waals surface area contributed by atoms with Crippen molar-refractivity contribution in [2.75, 3.05) is 16.5 Å². The normalized spacial score (nSPS) is 16.0. The van der Waals surface area contributed by atoms with Gasteiger partial charge >= 0.3 is 0 Å². The highest BCUT2D eigenvalue weighted by Gasteiger charge is 2.37. The van der Waals surface area contributed by atoms with Crippen LogP contribution in [0.4, 0.5) is 11.4 Å². The Labute approximate surface area is 150 Å². The molecule has 25 heavy (non-hydrogen) atoms. The summed E-state index contributed by atoms with van der Waals surface area (Å²) in [7, 11) is 0. The topological polar surface area (TPSA) is 45.2 Å². The van der Waals surface area contributed by atoms with Gasteiger partial charge in [-0.05, 0) is 42.7 Å². The molecule has 1 amide bonds. The van der Waals surface area contributed by atoms with Crippen LogP contribution in [-0.4, -0.2) is 17.1 Å². The van der Waals surface area contributed by atoms with Gasteiger partial charge in [-0.1, -0.05) is 24.3 Å². The number of anilines is 2. The average Bonchev–Trinajstić information content (AvgIpc) is 2.95. The summed E-state index contributed by atoms with van der Waals surface area (Å²) in [4.78, 5) is 20.1. The second kappa shape index (κ2) is 6.61. The van der Waals surface area contributed by atoms with Crippen molar-refractivity contribution < 1.29 is 4.79 Å². The maximum absolute atomic E-state index is 13.0. The number of amides is 1. The van der Waals surface area contributed by atoms with Crippen LogP contribution in [0.25, 0.3) is 0 Å². The number of rotatable bonds is 4. The highest BCUT2D eigenvalue weighted by Crippen LogP contribution is 2.37. The molecular formula is C20H17N3OS. The van der Waals surface area contributed by atoms with E-state index in [0.717, 1.165) is 22.5 Å². The lowest BCUT2D eigenvalue weighted by Crippen LogP contribution is -2.32. The maximum Gasteiger partial charge on any atom is 0.260 e. The molecule has 0 bridgehead atoms. The van der Waals surface area contributed by atoms with Gasteiger partial charge in [-0.3, -0.25) is 14.7 Å². The number of carbonyl (C=O) groups excluding carboxylic acids is 1. The minimum absolute atomic E-state index is 0.0119. The molecule has 0 aliphatic carbocycles. The van der Waals surface area contributed by atoms with E-state index in [1.807, 2.05) is 48.5 Å². The Morgan fingerprint density at radius 3 is 2.76 bits per heavy atom. The Balaban J connectivity index is 1.77. The minimum atomic E-state index is -0.259. The van der Waals surface area contributed by atoms with Crippen LogP contribution >= 0.6 is 11.8 Å². The molecule has 1 N–H and O–H groups in total. The Morgan fingerprint density at radius 1 is 1.08 bits per heavy atom. The Bertz CT molecular complexity index is 914. The highest BCUT2D eigenvalue weighted by molar-refractivity contribution is 7.98. The van der Waals surface area contributed by atoms with Crippen LogP contribution in [0.2, 0.25) is 0 Å². The summed E-state index contributed by atoms with van der Waals surface area (Å²) >= 11 is 1.69. The van der Waals surface area contributed by atoms with E-state index in [1.165, 1.54) is 4.90 Å². The molecule has 2 aromatic carbocycles. The van der Waals surface area contributed by atoms with Crippen LogP contribution in [0.1, 0.15) is 22.1 Å². The first kappa shape index (κ1) is 15.7. The number of nitrogens with zero attached hydrogens (tertiary/aromatic N) is 2.